The summed E-state index contributed by atoms with van der Waals surface area (Å²) in [5, 5.41) is 12.7. The van der Waals surface area contributed by atoms with Crippen LogP contribution in [0.2, 0.25) is 0 Å². The van der Waals surface area contributed by atoms with Crippen LogP contribution in [0.5, 0.6) is 0 Å². The molecule has 0 unspecified atom stereocenters. The van der Waals surface area contributed by atoms with Crippen LogP contribution in [-0.4, -0.2) is 22.1 Å². The molecule has 2 N–H and O–H groups in total. The van der Waals surface area contributed by atoms with Crippen LogP contribution in [0.1, 0.15) is 23.3 Å². The topological polar surface area (TPSA) is 62.2 Å². The van der Waals surface area contributed by atoms with Gasteiger partial charge in [-0.25, -0.2) is 9.78 Å². The Hall–Kier alpha value is -1.36. The lowest BCUT2D eigenvalue weighted by atomic mass is 10.2. The molecule has 0 amide bonds. The predicted molar refractivity (Wildman–Crippen MR) is 54.9 cm³/mol. The zero-order valence-electron chi connectivity index (χ0n) is 7.43. The molecule has 1 aliphatic rings. The zero-order valence-corrected chi connectivity index (χ0v) is 8.25. The Morgan fingerprint density at radius 2 is 2.29 bits per heavy atom. The number of nitrogens with zero attached hydrogens (tertiary/aromatic N) is 1. The number of hydrogen-bond donors (Lipinski definition) is 2. The molecule has 0 aliphatic heterocycles. The van der Waals surface area contributed by atoms with Crippen LogP contribution in [0.15, 0.2) is 17.7 Å². The van der Waals surface area contributed by atoms with Crippen molar-refractivity contribution >= 4 is 22.3 Å². The maximum absolute atomic E-state index is 10.7. The first-order chi connectivity index (χ1) is 6.77. The lowest BCUT2D eigenvalue weighted by molar-refractivity contribution is 0.0692. The van der Waals surface area contributed by atoms with Crippen molar-refractivity contribution in [2.75, 3.05) is 5.32 Å². The van der Waals surface area contributed by atoms with Gasteiger partial charge in [0.05, 0.1) is 5.51 Å². The maximum atomic E-state index is 10.7. The molecule has 0 saturated heterocycles. The molecule has 1 heterocycles. The summed E-state index contributed by atoms with van der Waals surface area (Å²) in [5.74, 6) is -0.972. The van der Waals surface area contributed by atoms with Crippen molar-refractivity contribution in [2.24, 2.45) is 0 Å². The van der Waals surface area contributed by atoms with Crippen LogP contribution < -0.4 is 5.32 Å². The maximum Gasteiger partial charge on any atom is 0.357 e. The third kappa shape index (κ3) is 1.77. The molecule has 74 valence electrons. The van der Waals surface area contributed by atoms with E-state index in [0.29, 0.717) is 11.0 Å². The number of aromatic carboxylic acids is 1. The number of carbonyl (C=O) groups is 1. The second kappa shape index (κ2) is 3.79. The summed E-state index contributed by atoms with van der Waals surface area (Å²) in [6.45, 7) is 0. The average Bonchev–Trinajstić information content (AvgIpc) is 2.75. The molecule has 0 aromatic carbocycles. The highest BCUT2D eigenvalue weighted by molar-refractivity contribution is 7.14. The number of hydrogen-bond acceptors (Lipinski definition) is 4. The molecule has 0 atom stereocenters. The molecule has 0 bridgehead atoms. The predicted octanol–water partition coefficient (Wildman–Crippen LogP) is 1.97. The summed E-state index contributed by atoms with van der Waals surface area (Å²) in [4.78, 5) is 14.5. The number of thiazole rings is 1. The second-order valence-corrected chi connectivity index (χ2v) is 3.97. The standard InChI is InChI=1S/C9H10N2O2S/c12-9(13)7-8(14-5-10-7)11-6-3-1-2-4-6/h1-2,5-6,11H,3-4H2,(H,12,13). The molecule has 1 aliphatic carbocycles. The van der Waals surface area contributed by atoms with Crippen molar-refractivity contribution in [1.82, 2.24) is 4.98 Å². The van der Waals surface area contributed by atoms with Crippen LogP contribution >= 0.6 is 11.3 Å². The number of aromatic nitrogens is 1. The number of carboxylic acid groups (broad SMARTS) is 1. The quantitative estimate of drug-likeness (QED) is 0.749. The summed E-state index contributed by atoms with van der Waals surface area (Å²) >= 11 is 1.33. The van der Waals surface area contributed by atoms with E-state index in [1.54, 1.807) is 5.51 Å². The van der Waals surface area contributed by atoms with E-state index in [0.717, 1.165) is 12.8 Å². The highest BCUT2D eigenvalue weighted by Crippen LogP contribution is 2.24. The van der Waals surface area contributed by atoms with Crippen molar-refractivity contribution in [3.05, 3.63) is 23.4 Å². The van der Waals surface area contributed by atoms with Gasteiger partial charge >= 0.3 is 5.97 Å². The molecule has 4 nitrogen and oxygen atoms in total. The van der Waals surface area contributed by atoms with Gasteiger partial charge in [-0.3, -0.25) is 0 Å². The third-order valence-electron chi connectivity index (χ3n) is 2.11. The van der Waals surface area contributed by atoms with Gasteiger partial charge in [-0.2, -0.15) is 0 Å². The van der Waals surface area contributed by atoms with Crippen LogP contribution in [0, 0.1) is 0 Å². The van der Waals surface area contributed by atoms with Crippen molar-refractivity contribution < 1.29 is 9.90 Å². The zero-order chi connectivity index (χ0) is 9.97. The summed E-state index contributed by atoms with van der Waals surface area (Å²) in [5.41, 5.74) is 1.68. The average molecular weight is 210 g/mol. The van der Waals surface area contributed by atoms with Gasteiger partial charge < -0.3 is 10.4 Å². The van der Waals surface area contributed by atoms with Crippen LogP contribution in [0.25, 0.3) is 0 Å². The van der Waals surface area contributed by atoms with Gasteiger partial charge in [-0.1, -0.05) is 12.2 Å². The van der Waals surface area contributed by atoms with Gasteiger partial charge in [-0.05, 0) is 12.8 Å². The molecular weight excluding hydrogens is 200 g/mol. The van der Waals surface area contributed by atoms with Gasteiger partial charge in [0.1, 0.15) is 5.00 Å². The highest BCUT2D eigenvalue weighted by Gasteiger charge is 2.17. The molecule has 2 rings (SSSR count). The Bertz CT molecular complexity index is 365. The molecular formula is C9H10N2O2S. The van der Waals surface area contributed by atoms with E-state index in [9.17, 15) is 4.79 Å². The van der Waals surface area contributed by atoms with Crippen molar-refractivity contribution in [3.8, 4) is 0 Å². The Morgan fingerprint density at radius 3 is 2.93 bits per heavy atom. The van der Waals surface area contributed by atoms with E-state index in [-0.39, 0.29) is 5.69 Å². The van der Waals surface area contributed by atoms with Gasteiger partial charge in [0.25, 0.3) is 0 Å². The van der Waals surface area contributed by atoms with E-state index in [2.05, 4.69) is 22.5 Å². The van der Waals surface area contributed by atoms with E-state index < -0.39 is 5.97 Å². The molecule has 0 saturated carbocycles. The number of rotatable bonds is 3. The lowest BCUT2D eigenvalue weighted by Crippen LogP contribution is -2.16. The molecule has 5 heteroatoms. The fraction of sp³-hybridized carbons (Fsp3) is 0.333. The molecule has 1 aromatic rings. The number of carboxylic acids is 1. The smallest absolute Gasteiger partial charge is 0.357 e. The van der Waals surface area contributed by atoms with E-state index in [1.165, 1.54) is 11.3 Å². The van der Waals surface area contributed by atoms with Gasteiger partial charge in [0.2, 0.25) is 0 Å². The first-order valence-electron chi connectivity index (χ1n) is 4.35. The van der Waals surface area contributed by atoms with Gasteiger partial charge in [-0.15, -0.1) is 11.3 Å². The fourth-order valence-electron chi connectivity index (χ4n) is 1.42. The Morgan fingerprint density at radius 1 is 1.57 bits per heavy atom. The van der Waals surface area contributed by atoms with E-state index >= 15 is 0 Å². The first kappa shape index (κ1) is 9.21. The summed E-state index contributed by atoms with van der Waals surface area (Å²) in [7, 11) is 0. The number of nitrogens with one attached hydrogen (secondary N) is 1. The van der Waals surface area contributed by atoms with Crippen LogP contribution in [0.4, 0.5) is 5.00 Å². The Labute approximate surface area is 85.3 Å². The normalized spacial score (nSPS) is 16.0. The van der Waals surface area contributed by atoms with E-state index in [4.69, 9.17) is 5.11 Å². The first-order valence-corrected chi connectivity index (χ1v) is 5.23. The molecule has 0 spiro atoms. The minimum atomic E-state index is -0.972. The van der Waals surface area contributed by atoms with Gasteiger partial charge in [0.15, 0.2) is 5.69 Å². The third-order valence-corrected chi connectivity index (χ3v) is 2.87. The second-order valence-electron chi connectivity index (χ2n) is 3.12. The van der Waals surface area contributed by atoms with E-state index in [1.807, 2.05) is 0 Å². The van der Waals surface area contributed by atoms with Crippen molar-refractivity contribution in [1.29, 1.82) is 0 Å². The monoisotopic (exact) mass is 210 g/mol. The summed E-state index contributed by atoms with van der Waals surface area (Å²) in [6.07, 6.45) is 6.10. The Kier molecular flexibility index (Phi) is 2.49. The minimum Gasteiger partial charge on any atom is -0.476 e. The van der Waals surface area contributed by atoms with Crippen LogP contribution in [-0.2, 0) is 0 Å². The van der Waals surface area contributed by atoms with Gasteiger partial charge in [0, 0.05) is 6.04 Å². The summed E-state index contributed by atoms with van der Waals surface area (Å²) < 4.78 is 0. The lowest BCUT2D eigenvalue weighted by Gasteiger charge is -2.11. The molecule has 0 radical (unpaired) electrons. The number of anilines is 1. The molecule has 1 aromatic heterocycles. The highest BCUT2D eigenvalue weighted by atomic mass is 32.1. The Balaban J connectivity index is 2.08. The SMILES string of the molecule is O=C(O)c1ncsc1NC1CC=CC1. The summed E-state index contributed by atoms with van der Waals surface area (Å²) in [6, 6.07) is 0.327. The van der Waals surface area contributed by atoms with Crippen molar-refractivity contribution in [2.45, 2.75) is 18.9 Å². The largest absolute Gasteiger partial charge is 0.476 e. The van der Waals surface area contributed by atoms with Crippen LogP contribution in [0.3, 0.4) is 0 Å². The minimum absolute atomic E-state index is 0.127. The molecule has 0 fully saturated rings. The fourth-order valence-corrected chi connectivity index (χ4v) is 2.17. The van der Waals surface area contributed by atoms with Crippen molar-refractivity contribution in [3.63, 3.8) is 0 Å². The molecule has 14 heavy (non-hydrogen) atoms.